The average Bonchev–Trinajstić information content (AvgIpc) is 3.70. The van der Waals surface area contributed by atoms with Crippen molar-refractivity contribution >= 4 is 56.7 Å². The van der Waals surface area contributed by atoms with E-state index < -0.39 is 0 Å². The zero-order chi connectivity index (χ0) is 36.4. The fourth-order valence-corrected chi connectivity index (χ4v) is 9.53. The zero-order valence-corrected chi connectivity index (χ0v) is 34.3. The maximum atomic E-state index is 13.9. The number of hydrogen-bond donors (Lipinski definition) is 0. The third-order valence-electron chi connectivity index (χ3n) is 9.06. The molecule has 0 radical (unpaired) electrons. The highest BCUT2D eigenvalue weighted by molar-refractivity contribution is 7.17. The number of hydrogen-bond acceptors (Lipinski definition) is 5. The van der Waals surface area contributed by atoms with E-state index in [9.17, 15) is 9.59 Å². The van der Waals surface area contributed by atoms with Crippen molar-refractivity contribution in [1.29, 1.82) is 0 Å². The van der Waals surface area contributed by atoms with E-state index in [1.165, 1.54) is 19.5 Å². The Balaban J connectivity index is 1.85. The van der Waals surface area contributed by atoms with Crippen LogP contribution in [0.25, 0.3) is 11.1 Å². The monoisotopic (exact) mass is 708 g/mol. The SMILES string of the molecule is Cc1ccc(C(=C2C=C(C(C)(C)C)C(=O)C(C(C)(C)C)=C2)c2ccc(C(=C3C=C(C(C)(C)C)C(=O)C(C(C)(C)C)=C3)c3ccc(C)s3)s2)s1. The zero-order valence-electron chi connectivity index (χ0n) is 31.8. The first kappa shape index (κ1) is 37.1. The van der Waals surface area contributed by atoms with E-state index in [4.69, 9.17) is 0 Å². The number of ketones is 2. The van der Waals surface area contributed by atoms with Gasteiger partial charge in [-0.15, -0.1) is 34.0 Å². The van der Waals surface area contributed by atoms with E-state index in [0.717, 1.165) is 54.3 Å². The van der Waals surface area contributed by atoms with Gasteiger partial charge in [-0.25, -0.2) is 0 Å². The first-order valence-electron chi connectivity index (χ1n) is 17.2. The van der Waals surface area contributed by atoms with Crippen LogP contribution >= 0.6 is 34.0 Å². The summed E-state index contributed by atoms with van der Waals surface area (Å²) in [6.07, 6.45) is 8.58. The number of carbonyl (C=O) groups excluding carboxylic acids is 2. The first-order valence-corrected chi connectivity index (χ1v) is 19.6. The lowest BCUT2D eigenvalue weighted by Gasteiger charge is -2.32. The Bertz CT molecular complexity index is 1810. The second-order valence-corrected chi connectivity index (χ2v) is 21.2. The molecule has 2 aliphatic rings. The lowest BCUT2D eigenvalue weighted by atomic mass is 9.71. The Morgan fingerprint density at radius 3 is 0.878 bits per heavy atom. The molecule has 0 saturated heterocycles. The standard InChI is InChI=1S/C44H52O2S3/c1-25-15-17-33(47-25)37(27-21-29(41(3,4)5)39(45)30(22-27)42(6,7)8)35-19-20-36(49-35)38(34-18-16-26(2)48-34)28-23-31(43(9,10)11)40(46)32(24-28)44(12,13)14/h15-24H,1-14H3. The van der Waals surface area contributed by atoms with E-state index in [-0.39, 0.29) is 33.2 Å². The highest BCUT2D eigenvalue weighted by Gasteiger charge is 2.37. The maximum absolute atomic E-state index is 13.9. The molecule has 0 aliphatic heterocycles. The van der Waals surface area contributed by atoms with Crippen LogP contribution in [-0.2, 0) is 9.59 Å². The molecule has 0 spiro atoms. The summed E-state index contributed by atoms with van der Waals surface area (Å²) in [6, 6.07) is 13.3. The summed E-state index contributed by atoms with van der Waals surface area (Å²) in [7, 11) is 0. The van der Waals surface area contributed by atoms with Gasteiger partial charge in [0.25, 0.3) is 0 Å². The number of thiophene rings is 3. The van der Waals surface area contributed by atoms with Gasteiger partial charge < -0.3 is 0 Å². The third-order valence-corrected chi connectivity index (χ3v) is 12.2. The predicted octanol–water partition coefficient (Wildman–Crippen LogP) is 13.1. The van der Waals surface area contributed by atoms with Gasteiger partial charge in [0.1, 0.15) is 0 Å². The number of rotatable bonds is 4. The summed E-state index contributed by atoms with van der Waals surface area (Å²) in [5.74, 6) is 0.291. The highest BCUT2D eigenvalue weighted by atomic mass is 32.1. The van der Waals surface area contributed by atoms with Crippen LogP contribution in [0.3, 0.4) is 0 Å². The summed E-state index contributed by atoms with van der Waals surface area (Å²) < 4.78 is 0. The van der Waals surface area contributed by atoms with Crippen LogP contribution in [0.2, 0.25) is 0 Å². The molecule has 0 atom stereocenters. The van der Waals surface area contributed by atoms with Crippen LogP contribution in [-0.4, -0.2) is 11.6 Å². The Morgan fingerprint density at radius 2 is 0.653 bits per heavy atom. The van der Waals surface area contributed by atoms with Gasteiger partial charge in [0.05, 0.1) is 0 Å². The normalized spacial score (nSPS) is 16.4. The van der Waals surface area contributed by atoms with E-state index in [1.54, 1.807) is 34.0 Å². The van der Waals surface area contributed by atoms with E-state index >= 15 is 0 Å². The lowest BCUT2D eigenvalue weighted by molar-refractivity contribution is -0.114. The largest absolute Gasteiger partial charge is 0.289 e. The Morgan fingerprint density at radius 1 is 0.408 bits per heavy atom. The second-order valence-electron chi connectivity index (χ2n) is 17.5. The smallest absolute Gasteiger partial charge is 0.186 e. The van der Waals surface area contributed by atoms with Gasteiger partial charge in [0.15, 0.2) is 11.6 Å². The topological polar surface area (TPSA) is 34.1 Å². The van der Waals surface area contributed by atoms with Gasteiger partial charge >= 0.3 is 0 Å². The van der Waals surface area contributed by atoms with E-state index in [2.05, 4.69) is 158 Å². The van der Waals surface area contributed by atoms with Gasteiger partial charge in [-0.3, -0.25) is 9.59 Å². The fourth-order valence-electron chi connectivity index (χ4n) is 6.33. The molecule has 5 heteroatoms. The van der Waals surface area contributed by atoms with Crippen LogP contribution in [0, 0.1) is 35.5 Å². The minimum Gasteiger partial charge on any atom is -0.289 e. The van der Waals surface area contributed by atoms with E-state index in [0.29, 0.717) is 0 Å². The molecular weight excluding hydrogens is 657 g/mol. The van der Waals surface area contributed by atoms with Crippen LogP contribution < -0.4 is 0 Å². The summed E-state index contributed by atoms with van der Waals surface area (Å²) in [4.78, 5) is 35.0. The van der Waals surface area contributed by atoms with Gasteiger partial charge in [-0.05, 0) is 107 Å². The quantitative estimate of drug-likeness (QED) is 0.270. The molecule has 49 heavy (non-hydrogen) atoms. The van der Waals surface area contributed by atoms with Gasteiger partial charge in [0, 0.05) is 62.7 Å². The van der Waals surface area contributed by atoms with Gasteiger partial charge in [-0.1, -0.05) is 83.1 Å². The number of carbonyl (C=O) groups is 2. The molecule has 0 bridgehead atoms. The molecule has 0 unspecified atom stereocenters. The Kier molecular flexibility index (Phi) is 9.77. The van der Waals surface area contributed by atoms with Crippen molar-refractivity contribution in [3.63, 3.8) is 0 Å². The molecule has 0 aromatic carbocycles. The summed E-state index contributed by atoms with van der Waals surface area (Å²) >= 11 is 5.38. The predicted molar refractivity (Wildman–Crippen MR) is 215 cm³/mol. The van der Waals surface area contributed by atoms with Crippen LogP contribution in [0.5, 0.6) is 0 Å². The minimum absolute atomic E-state index is 0.145. The molecule has 3 aromatic rings. The molecule has 0 saturated carbocycles. The van der Waals surface area contributed by atoms with E-state index in [1.807, 2.05) is 0 Å². The number of Topliss-reactive ketones (excluding diaryl/α,β-unsaturated/α-hetero) is 2. The molecule has 3 aromatic heterocycles. The van der Waals surface area contributed by atoms with Crippen molar-refractivity contribution in [2.24, 2.45) is 21.7 Å². The molecule has 3 heterocycles. The lowest BCUT2D eigenvalue weighted by Crippen LogP contribution is -2.28. The molecule has 0 fully saturated rings. The fraction of sp³-hybridized carbons (Fsp3) is 0.409. The summed E-state index contributed by atoms with van der Waals surface area (Å²) in [6.45, 7) is 29.9. The van der Waals surface area contributed by atoms with Crippen molar-refractivity contribution in [3.8, 4) is 0 Å². The minimum atomic E-state index is -0.300. The Labute approximate surface area is 306 Å². The summed E-state index contributed by atoms with van der Waals surface area (Å²) in [5.41, 5.74) is 6.68. The molecule has 2 nitrogen and oxygen atoms in total. The first-order chi connectivity index (χ1) is 22.5. The van der Waals surface area contributed by atoms with Crippen LogP contribution in [0.4, 0.5) is 0 Å². The average molecular weight is 709 g/mol. The summed E-state index contributed by atoms with van der Waals surface area (Å²) in [5, 5.41) is 0. The molecule has 0 N–H and O–H groups in total. The molecule has 2 aliphatic carbocycles. The van der Waals surface area contributed by atoms with Crippen molar-refractivity contribution < 1.29 is 9.59 Å². The van der Waals surface area contributed by atoms with Crippen molar-refractivity contribution in [2.75, 3.05) is 0 Å². The highest BCUT2D eigenvalue weighted by Crippen LogP contribution is 2.47. The van der Waals surface area contributed by atoms with Crippen molar-refractivity contribution in [2.45, 2.75) is 96.9 Å². The van der Waals surface area contributed by atoms with Crippen molar-refractivity contribution in [3.05, 3.63) is 123 Å². The number of allylic oxidation sites excluding steroid dienone is 10. The number of aryl methyl sites for hydroxylation is 2. The van der Waals surface area contributed by atoms with Crippen molar-refractivity contribution in [1.82, 2.24) is 0 Å². The third kappa shape index (κ3) is 7.65. The van der Waals surface area contributed by atoms with Gasteiger partial charge in [0.2, 0.25) is 0 Å². The van der Waals surface area contributed by atoms with Gasteiger partial charge in [-0.2, -0.15) is 0 Å². The molecule has 5 rings (SSSR count). The Hall–Kier alpha value is -3.12. The maximum Gasteiger partial charge on any atom is 0.186 e. The molecular formula is C44H52O2S3. The van der Waals surface area contributed by atoms with Crippen LogP contribution in [0.1, 0.15) is 112 Å². The van der Waals surface area contributed by atoms with Crippen LogP contribution in [0.15, 0.2) is 94.1 Å². The molecule has 258 valence electrons. The molecule has 0 amide bonds. The second kappa shape index (κ2) is 12.9.